The molecule has 2 atom stereocenters. The van der Waals surface area contributed by atoms with Gasteiger partial charge >= 0.3 is 0 Å². The highest BCUT2D eigenvalue weighted by molar-refractivity contribution is 5.80. The minimum Gasteiger partial charge on any atom is -0.494 e. The van der Waals surface area contributed by atoms with E-state index in [4.69, 9.17) is 4.74 Å². The van der Waals surface area contributed by atoms with Crippen LogP contribution in [-0.4, -0.2) is 31.1 Å². The number of fused-ring (bicyclic) bond motifs is 2. The van der Waals surface area contributed by atoms with Crippen molar-refractivity contribution in [2.24, 2.45) is 11.8 Å². The van der Waals surface area contributed by atoms with Gasteiger partial charge in [0, 0.05) is 13.1 Å². The molecule has 1 saturated carbocycles. The maximum Gasteiger partial charge on any atom is 0.119 e. The van der Waals surface area contributed by atoms with Crippen LogP contribution in [0.1, 0.15) is 50.2 Å². The molecule has 2 heteroatoms. The quantitative estimate of drug-likeness (QED) is 0.586. The van der Waals surface area contributed by atoms with Gasteiger partial charge in [0.1, 0.15) is 5.75 Å². The highest BCUT2D eigenvalue weighted by Crippen LogP contribution is 2.36. The van der Waals surface area contributed by atoms with E-state index < -0.39 is 0 Å². The molecule has 2 aromatic carbocycles. The number of benzene rings is 2. The largest absolute Gasteiger partial charge is 0.494 e. The molecular weight excluding hydrogens is 342 g/mol. The summed E-state index contributed by atoms with van der Waals surface area (Å²) in [6.45, 7) is 6.49. The third-order valence-corrected chi connectivity index (χ3v) is 6.30. The van der Waals surface area contributed by atoms with Crippen LogP contribution in [0.3, 0.4) is 0 Å². The SMILES string of the molecule is CCCOc1ccc(/C(=C\CN2CC[C@@H]3CC[C@@H](C3)C2)c2ccccc2)cc1. The lowest BCUT2D eigenvalue weighted by atomic mass is 9.97. The number of rotatable bonds is 7. The fraction of sp³-hybridized carbons (Fsp3) is 0.462. The van der Waals surface area contributed by atoms with Gasteiger partial charge in [0.15, 0.2) is 0 Å². The summed E-state index contributed by atoms with van der Waals surface area (Å²) in [5, 5.41) is 0. The molecule has 0 radical (unpaired) electrons. The van der Waals surface area contributed by atoms with E-state index in [1.165, 1.54) is 55.5 Å². The maximum atomic E-state index is 5.77. The third kappa shape index (κ3) is 4.86. The van der Waals surface area contributed by atoms with Crippen LogP contribution >= 0.6 is 0 Å². The number of nitrogens with zero attached hydrogens (tertiary/aromatic N) is 1. The molecule has 0 spiro atoms. The summed E-state index contributed by atoms with van der Waals surface area (Å²) in [5.41, 5.74) is 3.89. The molecule has 1 heterocycles. The van der Waals surface area contributed by atoms with Crippen molar-refractivity contribution >= 4 is 5.57 Å². The van der Waals surface area contributed by atoms with Gasteiger partial charge in [-0.1, -0.05) is 61.9 Å². The Morgan fingerprint density at radius 1 is 0.964 bits per heavy atom. The third-order valence-electron chi connectivity index (χ3n) is 6.30. The number of ether oxygens (including phenoxy) is 1. The van der Waals surface area contributed by atoms with Crippen LogP contribution in [0, 0.1) is 11.8 Å². The smallest absolute Gasteiger partial charge is 0.119 e. The molecule has 2 nitrogen and oxygen atoms in total. The van der Waals surface area contributed by atoms with Gasteiger partial charge in [-0.3, -0.25) is 4.90 Å². The van der Waals surface area contributed by atoms with Crippen LogP contribution in [0.15, 0.2) is 60.7 Å². The van der Waals surface area contributed by atoms with Crippen LogP contribution in [0.5, 0.6) is 5.75 Å². The van der Waals surface area contributed by atoms with Crippen molar-refractivity contribution in [2.45, 2.75) is 39.0 Å². The Labute approximate surface area is 170 Å². The summed E-state index contributed by atoms with van der Waals surface area (Å²) in [7, 11) is 0. The Hall–Kier alpha value is -2.06. The zero-order valence-corrected chi connectivity index (χ0v) is 17.1. The summed E-state index contributed by atoms with van der Waals surface area (Å²) < 4.78 is 5.77. The van der Waals surface area contributed by atoms with E-state index in [1.54, 1.807) is 0 Å². The summed E-state index contributed by atoms with van der Waals surface area (Å²) in [6.07, 6.45) is 9.23. The Balaban J connectivity index is 1.53. The Morgan fingerprint density at radius 2 is 1.71 bits per heavy atom. The zero-order valence-electron chi connectivity index (χ0n) is 17.1. The van der Waals surface area contributed by atoms with E-state index in [1.807, 2.05) is 0 Å². The first-order chi connectivity index (χ1) is 13.8. The molecule has 4 rings (SSSR count). The summed E-state index contributed by atoms with van der Waals surface area (Å²) in [5.74, 6) is 2.88. The second kappa shape index (κ2) is 9.43. The van der Waals surface area contributed by atoms with E-state index in [0.717, 1.165) is 37.2 Å². The van der Waals surface area contributed by atoms with Crippen LogP contribution in [0.2, 0.25) is 0 Å². The second-order valence-electron chi connectivity index (χ2n) is 8.45. The summed E-state index contributed by atoms with van der Waals surface area (Å²) in [4.78, 5) is 2.67. The van der Waals surface area contributed by atoms with Gasteiger partial charge in [-0.15, -0.1) is 0 Å². The number of hydrogen-bond acceptors (Lipinski definition) is 2. The predicted octanol–water partition coefficient (Wildman–Crippen LogP) is 6.03. The normalized spacial score (nSPS) is 22.8. The van der Waals surface area contributed by atoms with Crippen molar-refractivity contribution in [3.05, 3.63) is 71.8 Å². The Morgan fingerprint density at radius 3 is 2.50 bits per heavy atom. The first kappa shape index (κ1) is 19.3. The first-order valence-corrected chi connectivity index (χ1v) is 11.0. The van der Waals surface area contributed by atoms with Crippen LogP contribution in [-0.2, 0) is 0 Å². The van der Waals surface area contributed by atoms with Gasteiger partial charge < -0.3 is 4.74 Å². The monoisotopic (exact) mass is 375 g/mol. The summed E-state index contributed by atoms with van der Waals surface area (Å²) >= 11 is 0. The average molecular weight is 376 g/mol. The van der Waals surface area contributed by atoms with Crippen molar-refractivity contribution in [3.63, 3.8) is 0 Å². The minimum atomic E-state index is 0.776. The van der Waals surface area contributed by atoms with Gasteiger partial charge in [0.2, 0.25) is 0 Å². The molecule has 2 bridgehead atoms. The average Bonchev–Trinajstić information content (AvgIpc) is 3.08. The predicted molar refractivity (Wildman–Crippen MR) is 118 cm³/mol. The molecule has 0 N–H and O–H groups in total. The zero-order chi connectivity index (χ0) is 19.2. The molecule has 1 aliphatic heterocycles. The summed E-state index contributed by atoms with van der Waals surface area (Å²) in [6, 6.07) is 19.4. The lowest BCUT2D eigenvalue weighted by Crippen LogP contribution is -2.29. The molecule has 0 unspecified atom stereocenters. The van der Waals surface area contributed by atoms with Crippen molar-refractivity contribution in [1.82, 2.24) is 4.90 Å². The van der Waals surface area contributed by atoms with Gasteiger partial charge in [-0.2, -0.15) is 0 Å². The molecular formula is C26H33NO. The standard InChI is InChI=1S/C26H33NO/c1-2-18-28-25-12-10-24(11-13-25)26(23-6-4-3-5-7-23)15-17-27-16-14-21-8-9-22(19-21)20-27/h3-7,10-13,15,21-22H,2,8-9,14,16-20H2,1H3/b26-15-/t21-,22-/m0/s1. The highest BCUT2D eigenvalue weighted by Gasteiger charge is 2.29. The lowest BCUT2D eigenvalue weighted by molar-refractivity contribution is 0.260. The van der Waals surface area contributed by atoms with E-state index in [2.05, 4.69) is 72.5 Å². The molecule has 2 aromatic rings. The van der Waals surface area contributed by atoms with E-state index in [-0.39, 0.29) is 0 Å². The van der Waals surface area contributed by atoms with E-state index in [0.29, 0.717) is 0 Å². The number of hydrogen-bond donors (Lipinski definition) is 0. The molecule has 1 saturated heterocycles. The fourth-order valence-electron chi connectivity index (χ4n) is 4.79. The van der Waals surface area contributed by atoms with Crippen molar-refractivity contribution in [2.75, 3.05) is 26.2 Å². The molecule has 2 fully saturated rings. The topological polar surface area (TPSA) is 12.5 Å². The first-order valence-electron chi connectivity index (χ1n) is 11.0. The van der Waals surface area contributed by atoms with Gasteiger partial charge in [-0.05, 0) is 72.9 Å². The molecule has 1 aliphatic carbocycles. The molecule has 0 amide bonds. The fourth-order valence-corrected chi connectivity index (χ4v) is 4.79. The van der Waals surface area contributed by atoms with Gasteiger partial charge in [0.05, 0.1) is 6.61 Å². The van der Waals surface area contributed by atoms with Gasteiger partial charge in [0.25, 0.3) is 0 Å². The highest BCUT2D eigenvalue weighted by atomic mass is 16.5. The van der Waals surface area contributed by atoms with Crippen LogP contribution in [0.4, 0.5) is 0 Å². The maximum absolute atomic E-state index is 5.77. The second-order valence-corrected chi connectivity index (χ2v) is 8.45. The van der Waals surface area contributed by atoms with Crippen molar-refractivity contribution in [3.8, 4) is 5.75 Å². The number of likely N-dealkylation sites (tertiary alicyclic amines) is 1. The lowest BCUT2D eigenvalue weighted by Gasteiger charge is -2.23. The molecule has 148 valence electrons. The molecule has 28 heavy (non-hydrogen) atoms. The molecule has 2 aliphatic rings. The van der Waals surface area contributed by atoms with E-state index in [9.17, 15) is 0 Å². The van der Waals surface area contributed by atoms with Crippen LogP contribution in [0.25, 0.3) is 5.57 Å². The minimum absolute atomic E-state index is 0.776. The molecule has 0 aromatic heterocycles. The Kier molecular flexibility index (Phi) is 6.49. The Bertz CT molecular complexity index is 765. The van der Waals surface area contributed by atoms with E-state index >= 15 is 0 Å². The van der Waals surface area contributed by atoms with Crippen molar-refractivity contribution < 1.29 is 4.74 Å². The van der Waals surface area contributed by atoms with Crippen molar-refractivity contribution in [1.29, 1.82) is 0 Å². The van der Waals surface area contributed by atoms with Crippen LogP contribution < -0.4 is 4.74 Å². The van der Waals surface area contributed by atoms with Gasteiger partial charge in [-0.25, -0.2) is 0 Å².